The third-order valence-electron chi connectivity index (χ3n) is 2.20. The van der Waals surface area contributed by atoms with E-state index >= 15 is 0 Å². The first-order valence-corrected chi connectivity index (χ1v) is 5.26. The van der Waals surface area contributed by atoms with Crippen LogP contribution < -0.4 is 5.32 Å². The Labute approximate surface area is 92.4 Å². The van der Waals surface area contributed by atoms with E-state index in [2.05, 4.69) is 10.3 Å². The predicted octanol–water partition coefficient (Wildman–Crippen LogP) is 2.14. The fourth-order valence-electron chi connectivity index (χ4n) is 1.45. The molecule has 0 atom stereocenters. The Morgan fingerprint density at radius 3 is 3.07 bits per heavy atom. The van der Waals surface area contributed by atoms with Gasteiger partial charge in [-0.3, -0.25) is 4.79 Å². The molecule has 1 aromatic heterocycles. The number of halogens is 1. The fourth-order valence-corrected chi connectivity index (χ4v) is 1.55. The van der Waals surface area contributed by atoms with Crippen LogP contribution in [0.25, 0.3) is 10.9 Å². The summed E-state index contributed by atoms with van der Waals surface area (Å²) >= 11 is 5.49. The molecular formula is C11H11ClN2O. The van der Waals surface area contributed by atoms with Gasteiger partial charge in [-0.25, -0.2) is 0 Å². The molecule has 0 saturated heterocycles. The van der Waals surface area contributed by atoms with Crippen molar-refractivity contribution in [3.05, 3.63) is 36.0 Å². The number of fused-ring (bicyclic) bond motifs is 1. The van der Waals surface area contributed by atoms with E-state index in [0.29, 0.717) is 18.0 Å². The van der Waals surface area contributed by atoms with Crippen LogP contribution in [-0.4, -0.2) is 23.3 Å². The molecule has 0 radical (unpaired) electrons. The molecule has 1 aromatic carbocycles. The molecule has 2 rings (SSSR count). The number of carbonyl (C=O) groups is 1. The Morgan fingerprint density at radius 2 is 2.27 bits per heavy atom. The van der Waals surface area contributed by atoms with Gasteiger partial charge in [-0.1, -0.05) is 6.07 Å². The first kappa shape index (κ1) is 10.1. The molecule has 3 nitrogen and oxygen atoms in total. The highest BCUT2D eigenvalue weighted by molar-refractivity contribution is 6.18. The second kappa shape index (κ2) is 4.36. The number of hydrogen-bond acceptors (Lipinski definition) is 1. The van der Waals surface area contributed by atoms with E-state index in [0.717, 1.165) is 10.9 Å². The van der Waals surface area contributed by atoms with Crippen molar-refractivity contribution < 1.29 is 4.79 Å². The fraction of sp³-hybridized carbons (Fsp3) is 0.182. The third kappa shape index (κ3) is 2.13. The van der Waals surface area contributed by atoms with E-state index in [1.54, 1.807) is 6.07 Å². The summed E-state index contributed by atoms with van der Waals surface area (Å²) in [6.45, 7) is 0.489. The molecule has 15 heavy (non-hydrogen) atoms. The highest BCUT2D eigenvalue weighted by atomic mass is 35.5. The van der Waals surface area contributed by atoms with Crippen LogP contribution in [0.5, 0.6) is 0 Å². The predicted molar refractivity (Wildman–Crippen MR) is 61.4 cm³/mol. The van der Waals surface area contributed by atoms with Gasteiger partial charge in [-0.2, -0.15) is 0 Å². The number of alkyl halides is 1. The normalized spacial score (nSPS) is 10.5. The van der Waals surface area contributed by atoms with Crippen LogP contribution in [0.2, 0.25) is 0 Å². The molecule has 0 aliphatic heterocycles. The Balaban J connectivity index is 2.23. The number of benzene rings is 1. The lowest BCUT2D eigenvalue weighted by Crippen LogP contribution is -2.25. The summed E-state index contributed by atoms with van der Waals surface area (Å²) in [7, 11) is 0. The Bertz CT molecular complexity index is 478. The minimum absolute atomic E-state index is 0.0906. The van der Waals surface area contributed by atoms with Crippen LogP contribution in [0, 0.1) is 0 Å². The number of nitrogens with one attached hydrogen (secondary N) is 2. The topological polar surface area (TPSA) is 44.9 Å². The van der Waals surface area contributed by atoms with Gasteiger partial charge in [-0.15, -0.1) is 11.6 Å². The summed E-state index contributed by atoms with van der Waals surface area (Å²) in [5.74, 6) is 0.336. The lowest BCUT2D eigenvalue weighted by molar-refractivity contribution is 0.0956. The number of amides is 1. The largest absolute Gasteiger partial charge is 0.361 e. The molecule has 78 valence electrons. The lowest BCUT2D eigenvalue weighted by Gasteiger charge is -2.02. The van der Waals surface area contributed by atoms with Crippen LogP contribution in [0.15, 0.2) is 30.5 Å². The SMILES string of the molecule is O=C(NCCCl)c1ccc2cc[nH]c2c1. The van der Waals surface area contributed by atoms with E-state index in [4.69, 9.17) is 11.6 Å². The molecule has 0 bridgehead atoms. The molecule has 0 fully saturated rings. The maximum Gasteiger partial charge on any atom is 0.251 e. The second-order valence-corrected chi connectivity index (χ2v) is 3.60. The van der Waals surface area contributed by atoms with Crippen LogP contribution in [0.1, 0.15) is 10.4 Å². The van der Waals surface area contributed by atoms with Crippen molar-refractivity contribution in [1.29, 1.82) is 0 Å². The van der Waals surface area contributed by atoms with E-state index in [1.165, 1.54) is 0 Å². The first-order valence-electron chi connectivity index (χ1n) is 4.72. The minimum atomic E-state index is -0.0906. The summed E-state index contributed by atoms with van der Waals surface area (Å²) in [5.41, 5.74) is 1.61. The number of carbonyl (C=O) groups excluding carboxylic acids is 1. The van der Waals surface area contributed by atoms with Crippen molar-refractivity contribution >= 4 is 28.4 Å². The number of H-pyrrole nitrogens is 1. The van der Waals surface area contributed by atoms with E-state index < -0.39 is 0 Å². The summed E-state index contributed by atoms with van der Waals surface area (Å²) in [6, 6.07) is 7.52. The highest BCUT2D eigenvalue weighted by Crippen LogP contribution is 2.13. The summed E-state index contributed by atoms with van der Waals surface area (Å²) in [4.78, 5) is 14.7. The van der Waals surface area contributed by atoms with Gasteiger partial charge in [0.2, 0.25) is 0 Å². The Morgan fingerprint density at radius 1 is 1.40 bits per heavy atom. The molecule has 1 amide bonds. The summed E-state index contributed by atoms with van der Waals surface area (Å²) in [5, 5.41) is 3.82. The van der Waals surface area contributed by atoms with Gasteiger partial charge >= 0.3 is 0 Å². The number of rotatable bonds is 3. The summed E-state index contributed by atoms with van der Waals surface area (Å²) in [6.07, 6.45) is 1.85. The zero-order valence-corrected chi connectivity index (χ0v) is 8.84. The van der Waals surface area contributed by atoms with Crippen molar-refractivity contribution in [2.75, 3.05) is 12.4 Å². The van der Waals surface area contributed by atoms with Crippen molar-refractivity contribution in [3.63, 3.8) is 0 Å². The van der Waals surface area contributed by atoms with Crippen LogP contribution >= 0.6 is 11.6 Å². The molecule has 1 heterocycles. The molecule has 0 spiro atoms. The zero-order valence-electron chi connectivity index (χ0n) is 8.09. The van der Waals surface area contributed by atoms with Crippen molar-refractivity contribution in [2.24, 2.45) is 0 Å². The average Bonchev–Trinajstić information content (AvgIpc) is 2.72. The Kier molecular flexibility index (Phi) is 2.92. The van der Waals surface area contributed by atoms with E-state index in [-0.39, 0.29) is 5.91 Å². The van der Waals surface area contributed by atoms with Crippen molar-refractivity contribution in [3.8, 4) is 0 Å². The average molecular weight is 223 g/mol. The Hall–Kier alpha value is -1.48. The van der Waals surface area contributed by atoms with Gasteiger partial charge in [0.25, 0.3) is 5.91 Å². The monoisotopic (exact) mass is 222 g/mol. The van der Waals surface area contributed by atoms with Gasteiger partial charge < -0.3 is 10.3 Å². The molecule has 0 unspecified atom stereocenters. The first-order chi connectivity index (χ1) is 7.31. The second-order valence-electron chi connectivity index (χ2n) is 3.22. The maximum atomic E-state index is 11.6. The van der Waals surface area contributed by atoms with Crippen LogP contribution in [0.4, 0.5) is 0 Å². The van der Waals surface area contributed by atoms with E-state index in [1.807, 2.05) is 24.4 Å². The van der Waals surface area contributed by atoms with Crippen LogP contribution in [0.3, 0.4) is 0 Å². The number of aromatic nitrogens is 1. The smallest absolute Gasteiger partial charge is 0.251 e. The van der Waals surface area contributed by atoms with Gasteiger partial charge in [0, 0.05) is 29.7 Å². The maximum absolute atomic E-state index is 11.6. The lowest BCUT2D eigenvalue weighted by atomic mass is 10.1. The zero-order chi connectivity index (χ0) is 10.7. The van der Waals surface area contributed by atoms with Crippen molar-refractivity contribution in [1.82, 2.24) is 10.3 Å². The molecule has 2 aromatic rings. The third-order valence-corrected chi connectivity index (χ3v) is 2.39. The molecule has 2 N–H and O–H groups in total. The molecule has 0 saturated carbocycles. The van der Waals surface area contributed by atoms with Gasteiger partial charge in [0.05, 0.1) is 0 Å². The minimum Gasteiger partial charge on any atom is -0.361 e. The molecule has 4 heteroatoms. The number of aromatic amines is 1. The standard InChI is InChI=1S/C11H11ClN2O/c12-4-6-14-11(15)9-2-1-8-3-5-13-10(8)7-9/h1-3,5,7,13H,4,6H2,(H,14,15). The molecule has 0 aliphatic rings. The highest BCUT2D eigenvalue weighted by Gasteiger charge is 2.05. The summed E-state index contributed by atoms with van der Waals surface area (Å²) < 4.78 is 0. The quantitative estimate of drug-likeness (QED) is 0.768. The van der Waals surface area contributed by atoms with E-state index in [9.17, 15) is 4.79 Å². The van der Waals surface area contributed by atoms with Gasteiger partial charge in [0.1, 0.15) is 0 Å². The van der Waals surface area contributed by atoms with Gasteiger partial charge in [-0.05, 0) is 23.6 Å². The van der Waals surface area contributed by atoms with Crippen LogP contribution in [-0.2, 0) is 0 Å². The molecule has 0 aliphatic carbocycles. The molecular weight excluding hydrogens is 212 g/mol. The van der Waals surface area contributed by atoms with Gasteiger partial charge in [0.15, 0.2) is 0 Å². The van der Waals surface area contributed by atoms with Crippen molar-refractivity contribution in [2.45, 2.75) is 0 Å². The number of hydrogen-bond donors (Lipinski definition) is 2.